The minimum atomic E-state index is -4.62. The van der Waals surface area contributed by atoms with Crippen LogP contribution in [0.5, 0.6) is 5.75 Å². The first-order valence-corrected chi connectivity index (χ1v) is 5.31. The number of rotatable bonds is 3. The Morgan fingerprint density at radius 1 is 1.24 bits per heavy atom. The highest BCUT2D eigenvalue weighted by Gasteiger charge is 2.30. The van der Waals surface area contributed by atoms with Crippen molar-refractivity contribution in [2.75, 3.05) is 19.8 Å². The molecular weight excluding hydrogens is 233 g/mol. The fraction of sp³-hybridized carbons (Fsp3) is 0.455. The standard InChI is InChI=1S/C11H13F3N2O/c12-11(13,14)17-10-3-1-9(2-4-10)7-16-6-5-15-8-16/h1-4,15H,5-8H2. The summed E-state index contributed by atoms with van der Waals surface area (Å²) in [5.74, 6) is -0.180. The monoisotopic (exact) mass is 246 g/mol. The number of halogens is 3. The number of hydrogen-bond donors (Lipinski definition) is 1. The SMILES string of the molecule is FC(F)(F)Oc1ccc(CN2CCNC2)cc1. The lowest BCUT2D eigenvalue weighted by Gasteiger charge is -2.14. The van der Waals surface area contributed by atoms with E-state index in [4.69, 9.17) is 0 Å². The topological polar surface area (TPSA) is 24.5 Å². The normalized spacial score (nSPS) is 17.4. The van der Waals surface area contributed by atoms with E-state index in [1.807, 2.05) is 0 Å². The van der Waals surface area contributed by atoms with E-state index >= 15 is 0 Å². The molecule has 1 N–H and O–H groups in total. The third-order valence-corrected chi connectivity index (χ3v) is 2.50. The molecule has 1 fully saturated rings. The summed E-state index contributed by atoms with van der Waals surface area (Å²) in [7, 11) is 0. The number of nitrogens with zero attached hydrogens (tertiary/aromatic N) is 1. The van der Waals surface area contributed by atoms with Gasteiger partial charge in [-0.3, -0.25) is 4.90 Å². The molecule has 1 heterocycles. The van der Waals surface area contributed by atoms with Gasteiger partial charge in [-0.2, -0.15) is 0 Å². The molecule has 1 aliphatic rings. The first-order chi connectivity index (χ1) is 8.03. The Labute approximate surface area is 97.2 Å². The van der Waals surface area contributed by atoms with Crippen LogP contribution in [-0.4, -0.2) is 31.0 Å². The van der Waals surface area contributed by atoms with Crippen LogP contribution < -0.4 is 10.1 Å². The van der Waals surface area contributed by atoms with Gasteiger partial charge in [0, 0.05) is 26.3 Å². The summed E-state index contributed by atoms with van der Waals surface area (Å²) in [6.45, 7) is 3.47. The van der Waals surface area contributed by atoms with Crippen molar-refractivity contribution in [3.05, 3.63) is 29.8 Å². The second-order valence-electron chi connectivity index (χ2n) is 3.90. The summed E-state index contributed by atoms with van der Waals surface area (Å²) >= 11 is 0. The van der Waals surface area contributed by atoms with Gasteiger partial charge >= 0.3 is 6.36 Å². The maximum atomic E-state index is 11.9. The molecule has 1 saturated heterocycles. The molecule has 0 aliphatic carbocycles. The summed E-state index contributed by atoms with van der Waals surface area (Å²) in [6.07, 6.45) is -4.62. The van der Waals surface area contributed by atoms with Crippen molar-refractivity contribution >= 4 is 0 Å². The Bertz CT molecular complexity index is 358. The highest BCUT2D eigenvalue weighted by molar-refractivity contribution is 5.27. The highest BCUT2D eigenvalue weighted by atomic mass is 19.4. The molecule has 0 radical (unpaired) electrons. The van der Waals surface area contributed by atoms with Gasteiger partial charge in [0.15, 0.2) is 0 Å². The largest absolute Gasteiger partial charge is 0.573 e. The summed E-state index contributed by atoms with van der Waals surface area (Å²) in [4.78, 5) is 2.18. The van der Waals surface area contributed by atoms with E-state index in [1.54, 1.807) is 12.1 Å². The van der Waals surface area contributed by atoms with Crippen LogP contribution in [0.2, 0.25) is 0 Å². The average molecular weight is 246 g/mol. The van der Waals surface area contributed by atoms with E-state index in [9.17, 15) is 13.2 Å². The Balaban J connectivity index is 1.93. The predicted octanol–water partition coefficient (Wildman–Crippen LogP) is 1.95. The molecule has 0 amide bonds. The van der Waals surface area contributed by atoms with E-state index in [0.717, 1.165) is 31.9 Å². The van der Waals surface area contributed by atoms with Gasteiger partial charge in [-0.15, -0.1) is 13.2 Å². The van der Waals surface area contributed by atoms with Crippen LogP contribution in [0.25, 0.3) is 0 Å². The highest BCUT2D eigenvalue weighted by Crippen LogP contribution is 2.23. The minimum absolute atomic E-state index is 0.180. The van der Waals surface area contributed by atoms with Crippen molar-refractivity contribution in [2.45, 2.75) is 12.9 Å². The zero-order chi connectivity index (χ0) is 12.3. The second kappa shape index (κ2) is 4.93. The quantitative estimate of drug-likeness (QED) is 0.882. The first kappa shape index (κ1) is 12.2. The van der Waals surface area contributed by atoms with Crippen LogP contribution in [0.4, 0.5) is 13.2 Å². The molecule has 0 saturated carbocycles. The molecular formula is C11H13F3N2O. The van der Waals surface area contributed by atoms with Gasteiger partial charge in [-0.1, -0.05) is 12.1 Å². The Kier molecular flexibility index (Phi) is 3.54. The van der Waals surface area contributed by atoms with Gasteiger partial charge < -0.3 is 10.1 Å². The first-order valence-electron chi connectivity index (χ1n) is 5.31. The number of benzene rings is 1. The van der Waals surface area contributed by atoms with Gasteiger partial charge in [0.1, 0.15) is 5.75 Å². The van der Waals surface area contributed by atoms with Gasteiger partial charge in [0.25, 0.3) is 0 Å². The molecule has 0 atom stereocenters. The van der Waals surface area contributed by atoms with Crippen molar-refractivity contribution in [1.82, 2.24) is 10.2 Å². The van der Waals surface area contributed by atoms with Gasteiger partial charge in [-0.05, 0) is 17.7 Å². The van der Waals surface area contributed by atoms with Crippen molar-refractivity contribution in [1.29, 1.82) is 0 Å². The van der Waals surface area contributed by atoms with Crippen molar-refractivity contribution in [3.63, 3.8) is 0 Å². The molecule has 1 aliphatic heterocycles. The minimum Gasteiger partial charge on any atom is -0.406 e. The number of alkyl halides is 3. The van der Waals surface area contributed by atoms with Gasteiger partial charge in [0.05, 0.1) is 0 Å². The van der Waals surface area contributed by atoms with Crippen molar-refractivity contribution in [2.24, 2.45) is 0 Å². The number of nitrogens with one attached hydrogen (secondary N) is 1. The fourth-order valence-corrected chi connectivity index (χ4v) is 1.74. The maximum absolute atomic E-state index is 11.9. The lowest BCUT2D eigenvalue weighted by Crippen LogP contribution is -2.21. The predicted molar refractivity (Wildman–Crippen MR) is 56.4 cm³/mol. The van der Waals surface area contributed by atoms with E-state index in [2.05, 4.69) is 15.0 Å². The average Bonchev–Trinajstić information content (AvgIpc) is 2.71. The molecule has 2 rings (SSSR count). The van der Waals surface area contributed by atoms with Gasteiger partial charge in [-0.25, -0.2) is 0 Å². The summed E-state index contributed by atoms with van der Waals surface area (Å²) in [5, 5.41) is 3.19. The second-order valence-corrected chi connectivity index (χ2v) is 3.90. The van der Waals surface area contributed by atoms with E-state index < -0.39 is 6.36 Å². The van der Waals surface area contributed by atoms with Crippen LogP contribution in [-0.2, 0) is 6.54 Å². The molecule has 94 valence electrons. The van der Waals surface area contributed by atoms with E-state index in [1.165, 1.54) is 12.1 Å². The third kappa shape index (κ3) is 3.90. The van der Waals surface area contributed by atoms with Crippen LogP contribution in [0, 0.1) is 0 Å². The van der Waals surface area contributed by atoms with Gasteiger partial charge in [0.2, 0.25) is 0 Å². The van der Waals surface area contributed by atoms with Crippen molar-refractivity contribution < 1.29 is 17.9 Å². The molecule has 0 bridgehead atoms. The summed E-state index contributed by atoms with van der Waals surface area (Å²) < 4.78 is 39.6. The number of ether oxygens (including phenoxy) is 1. The zero-order valence-corrected chi connectivity index (χ0v) is 9.13. The molecule has 3 nitrogen and oxygen atoms in total. The molecule has 0 spiro atoms. The van der Waals surface area contributed by atoms with E-state index in [0.29, 0.717) is 0 Å². The van der Waals surface area contributed by atoms with Crippen LogP contribution >= 0.6 is 0 Å². The smallest absolute Gasteiger partial charge is 0.406 e. The molecule has 6 heteroatoms. The van der Waals surface area contributed by atoms with E-state index in [-0.39, 0.29) is 5.75 Å². The molecule has 1 aromatic carbocycles. The third-order valence-electron chi connectivity index (χ3n) is 2.50. The molecule has 17 heavy (non-hydrogen) atoms. The number of hydrogen-bond acceptors (Lipinski definition) is 3. The summed E-state index contributed by atoms with van der Waals surface area (Å²) in [6, 6.07) is 5.98. The maximum Gasteiger partial charge on any atom is 0.573 e. The zero-order valence-electron chi connectivity index (χ0n) is 9.13. The Morgan fingerprint density at radius 3 is 2.47 bits per heavy atom. The van der Waals surface area contributed by atoms with Crippen LogP contribution in [0.15, 0.2) is 24.3 Å². The fourth-order valence-electron chi connectivity index (χ4n) is 1.74. The molecule has 0 unspecified atom stereocenters. The Morgan fingerprint density at radius 2 is 1.94 bits per heavy atom. The van der Waals surface area contributed by atoms with Crippen LogP contribution in [0.1, 0.15) is 5.56 Å². The summed E-state index contributed by atoms with van der Waals surface area (Å²) in [5.41, 5.74) is 0.975. The molecule has 1 aromatic rings. The lowest BCUT2D eigenvalue weighted by molar-refractivity contribution is -0.274. The van der Waals surface area contributed by atoms with Crippen molar-refractivity contribution in [3.8, 4) is 5.75 Å². The lowest BCUT2D eigenvalue weighted by atomic mass is 10.2. The molecule has 0 aromatic heterocycles. The van der Waals surface area contributed by atoms with Crippen LogP contribution in [0.3, 0.4) is 0 Å². The Hall–Kier alpha value is -1.27.